The van der Waals surface area contributed by atoms with Gasteiger partial charge in [0.15, 0.2) is 0 Å². The van der Waals surface area contributed by atoms with Gasteiger partial charge in [-0.05, 0) is 36.9 Å². The first-order valence-electron chi connectivity index (χ1n) is 7.19. The number of hydrogen-bond donors (Lipinski definition) is 2. The van der Waals surface area contributed by atoms with E-state index in [0.717, 1.165) is 24.0 Å². The van der Waals surface area contributed by atoms with E-state index in [0.29, 0.717) is 0 Å². The molecule has 0 aliphatic rings. The molecular weight excluding hydrogens is 256 g/mol. The predicted molar refractivity (Wildman–Crippen MR) is 92.3 cm³/mol. The number of aryl methyl sites for hydroxylation is 1. The van der Waals surface area contributed by atoms with Gasteiger partial charge < -0.3 is 11.5 Å². The Bertz CT molecular complexity index is 682. The summed E-state index contributed by atoms with van der Waals surface area (Å²) in [6.45, 7) is 2.83. The second kappa shape index (κ2) is 7.46. The van der Waals surface area contributed by atoms with Crippen LogP contribution in [0.3, 0.4) is 0 Å². The molecule has 0 bridgehead atoms. The molecule has 3 rings (SSSR count). The van der Waals surface area contributed by atoms with Gasteiger partial charge in [0.2, 0.25) is 0 Å². The third-order valence-corrected chi connectivity index (χ3v) is 3.38. The molecule has 0 unspecified atom stereocenters. The van der Waals surface area contributed by atoms with E-state index >= 15 is 0 Å². The molecule has 0 aliphatic carbocycles. The van der Waals surface area contributed by atoms with Crippen LogP contribution in [0.15, 0.2) is 66.7 Å². The highest BCUT2D eigenvalue weighted by Crippen LogP contribution is 2.19. The van der Waals surface area contributed by atoms with E-state index in [1.807, 2.05) is 30.3 Å². The Morgan fingerprint density at radius 2 is 1.48 bits per heavy atom. The van der Waals surface area contributed by atoms with Crippen LogP contribution in [0.2, 0.25) is 0 Å². The molecule has 108 valence electrons. The molecule has 0 fully saturated rings. The van der Waals surface area contributed by atoms with Crippen LogP contribution >= 0.6 is 0 Å². The summed E-state index contributed by atoms with van der Waals surface area (Å²) in [4.78, 5) is 0. The zero-order valence-corrected chi connectivity index (χ0v) is 12.4. The van der Waals surface area contributed by atoms with E-state index in [9.17, 15) is 0 Å². The minimum atomic E-state index is 0.739. The standard InChI is InChI=1S/C10H9N.C9H13N/c11-10-7-3-5-8-4-1-2-6-9(8)10;1-8-2-4-9(5-3-8)6-7-10/h1-7H,11H2;2-5H,6-7,10H2,1H3. The van der Waals surface area contributed by atoms with Crippen LogP contribution in [-0.4, -0.2) is 6.54 Å². The highest BCUT2D eigenvalue weighted by molar-refractivity contribution is 5.92. The van der Waals surface area contributed by atoms with E-state index in [1.165, 1.54) is 16.5 Å². The zero-order chi connectivity index (χ0) is 15.1. The summed E-state index contributed by atoms with van der Waals surface area (Å²) in [6.07, 6.45) is 0.986. The highest BCUT2D eigenvalue weighted by atomic mass is 14.5. The maximum atomic E-state index is 5.76. The Morgan fingerprint density at radius 1 is 0.810 bits per heavy atom. The van der Waals surface area contributed by atoms with E-state index in [4.69, 9.17) is 11.5 Å². The average molecular weight is 278 g/mol. The van der Waals surface area contributed by atoms with Gasteiger partial charge in [0, 0.05) is 11.1 Å². The second-order valence-electron chi connectivity index (χ2n) is 5.09. The van der Waals surface area contributed by atoms with E-state index < -0.39 is 0 Å². The summed E-state index contributed by atoms with van der Waals surface area (Å²) in [7, 11) is 0. The number of rotatable bonds is 2. The summed E-state index contributed by atoms with van der Waals surface area (Å²) >= 11 is 0. The molecule has 0 aliphatic heterocycles. The minimum Gasteiger partial charge on any atom is -0.398 e. The van der Waals surface area contributed by atoms with Gasteiger partial charge in [0.25, 0.3) is 0 Å². The number of benzene rings is 3. The summed E-state index contributed by atoms with van der Waals surface area (Å²) < 4.78 is 0. The first kappa shape index (κ1) is 15.1. The van der Waals surface area contributed by atoms with E-state index in [-0.39, 0.29) is 0 Å². The molecule has 4 N–H and O–H groups in total. The Balaban J connectivity index is 0.000000155. The van der Waals surface area contributed by atoms with E-state index in [1.54, 1.807) is 0 Å². The Labute approximate surface area is 126 Å². The molecule has 0 amide bonds. The smallest absolute Gasteiger partial charge is 0.0393 e. The summed E-state index contributed by atoms with van der Waals surface area (Å²) in [5.74, 6) is 0. The fraction of sp³-hybridized carbons (Fsp3) is 0.158. The van der Waals surface area contributed by atoms with Gasteiger partial charge in [-0.15, -0.1) is 0 Å². The molecule has 0 saturated heterocycles. The lowest BCUT2D eigenvalue weighted by Gasteiger charge is -1.98. The third-order valence-electron chi connectivity index (χ3n) is 3.38. The lowest BCUT2D eigenvalue weighted by molar-refractivity contribution is 0.968. The topological polar surface area (TPSA) is 52.0 Å². The molecule has 0 atom stereocenters. The summed E-state index contributed by atoms with van der Waals surface area (Å²) in [5.41, 5.74) is 14.6. The Hall–Kier alpha value is -2.32. The fourth-order valence-corrected chi connectivity index (χ4v) is 2.17. The average Bonchev–Trinajstić information content (AvgIpc) is 2.51. The zero-order valence-electron chi connectivity index (χ0n) is 12.4. The minimum absolute atomic E-state index is 0.739. The van der Waals surface area contributed by atoms with Crippen LogP contribution < -0.4 is 11.5 Å². The normalized spacial score (nSPS) is 10.0. The summed E-state index contributed by atoms with van der Waals surface area (Å²) in [6, 6.07) is 22.5. The lowest BCUT2D eigenvalue weighted by atomic mass is 10.1. The van der Waals surface area contributed by atoms with Gasteiger partial charge in [-0.1, -0.05) is 66.2 Å². The quantitative estimate of drug-likeness (QED) is 0.698. The first-order valence-corrected chi connectivity index (χ1v) is 7.19. The van der Waals surface area contributed by atoms with Crippen molar-refractivity contribution in [1.82, 2.24) is 0 Å². The van der Waals surface area contributed by atoms with Crippen molar-refractivity contribution in [3.05, 3.63) is 77.9 Å². The molecule has 3 aromatic rings. The van der Waals surface area contributed by atoms with Crippen molar-refractivity contribution in [3.8, 4) is 0 Å². The number of fused-ring (bicyclic) bond motifs is 1. The van der Waals surface area contributed by atoms with Crippen LogP contribution in [0.4, 0.5) is 5.69 Å². The molecule has 0 heterocycles. The van der Waals surface area contributed by atoms with Crippen molar-refractivity contribution in [1.29, 1.82) is 0 Å². The molecule has 3 aromatic carbocycles. The van der Waals surface area contributed by atoms with Gasteiger partial charge in [0.05, 0.1) is 0 Å². The molecule has 2 nitrogen and oxygen atoms in total. The van der Waals surface area contributed by atoms with Crippen molar-refractivity contribution >= 4 is 16.5 Å². The first-order chi connectivity index (χ1) is 10.2. The van der Waals surface area contributed by atoms with Crippen molar-refractivity contribution in [2.45, 2.75) is 13.3 Å². The van der Waals surface area contributed by atoms with Gasteiger partial charge in [0.1, 0.15) is 0 Å². The van der Waals surface area contributed by atoms with E-state index in [2.05, 4.69) is 43.3 Å². The fourth-order valence-electron chi connectivity index (χ4n) is 2.17. The van der Waals surface area contributed by atoms with Crippen LogP contribution in [0, 0.1) is 6.92 Å². The van der Waals surface area contributed by atoms with Crippen molar-refractivity contribution in [3.63, 3.8) is 0 Å². The SMILES string of the molecule is Cc1ccc(CCN)cc1.Nc1cccc2ccccc12. The molecule has 21 heavy (non-hydrogen) atoms. The highest BCUT2D eigenvalue weighted by Gasteiger charge is 1.92. The van der Waals surface area contributed by atoms with Gasteiger partial charge in [-0.3, -0.25) is 0 Å². The Kier molecular flexibility index (Phi) is 5.35. The molecule has 0 aromatic heterocycles. The molecular formula is C19H22N2. The van der Waals surface area contributed by atoms with Gasteiger partial charge in [-0.25, -0.2) is 0 Å². The van der Waals surface area contributed by atoms with Crippen molar-refractivity contribution in [2.75, 3.05) is 12.3 Å². The summed E-state index contributed by atoms with van der Waals surface area (Å²) in [5, 5.41) is 2.34. The van der Waals surface area contributed by atoms with Gasteiger partial charge in [-0.2, -0.15) is 0 Å². The van der Waals surface area contributed by atoms with Crippen LogP contribution in [-0.2, 0) is 6.42 Å². The number of nitrogens with two attached hydrogens (primary N) is 2. The molecule has 0 spiro atoms. The van der Waals surface area contributed by atoms with Crippen LogP contribution in [0.25, 0.3) is 10.8 Å². The number of anilines is 1. The molecule has 0 saturated carbocycles. The monoisotopic (exact) mass is 278 g/mol. The second-order valence-corrected chi connectivity index (χ2v) is 5.09. The molecule has 0 radical (unpaired) electrons. The van der Waals surface area contributed by atoms with Crippen molar-refractivity contribution < 1.29 is 0 Å². The number of hydrogen-bond acceptors (Lipinski definition) is 2. The van der Waals surface area contributed by atoms with Gasteiger partial charge >= 0.3 is 0 Å². The van der Waals surface area contributed by atoms with Crippen LogP contribution in [0.5, 0.6) is 0 Å². The maximum absolute atomic E-state index is 5.76. The largest absolute Gasteiger partial charge is 0.398 e. The van der Waals surface area contributed by atoms with Crippen LogP contribution in [0.1, 0.15) is 11.1 Å². The van der Waals surface area contributed by atoms with Crippen molar-refractivity contribution in [2.24, 2.45) is 5.73 Å². The third kappa shape index (κ3) is 4.33. The predicted octanol–water partition coefficient (Wildman–Crippen LogP) is 3.92. The molecule has 2 heteroatoms. The Morgan fingerprint density at radius 3 is 2.14 bits per heavy atom. The maximum Gasteiger partial charge on any atom is 0.0393 e. The lowest BCUT2D eigenvalue weighted by Crippen LogP contribution is -2.02. The number of nitrogen functional groups attached to an aromatic ring is 1.